The van der Waals surface area contributed by atoms with Gasteiger partial charge in [-0.25, -0.2) is 0 Å². The van der Waals surface area contributed by atoms with Crippen LogP contribution in [-0.2, 0) is 5.41 Å². The SMILES string of the molecule is CCCN=Cc1cc(C)cc(C(C)(C)c2ccccc2)c1O. The van der Waals surface area contributed by atoms with Gasteiger partial charge in [0.1, 0.15) is 5.75 Å². The number of rotatable bonds is 5. The predicted octanol–water partition coefficient (Wildman–Crippen LogP) is 4.86. The van der Waals surface area contributed by atoms with Gasteiger partial charge in [-0.1, -0.05) is 57.2 Å². The zero-order valence-corrected chi connectivity index (χ0v) is 13.9. The Morgan fingerprint density at radius 3 is 2.45 bits per heavy atom. The molecule has 0 bridgehead atoms. The predicted molar refractivity (Wildman–Crippen MR) is 94.2 cm³/mol. The van der Waals surface area contributed by atoms with E-state index in [4.69, 9.17) is 0 Å². The first-order chi connectivity index (χ1) is 10.5. The second kappa shape index (κ2) is 6.78. The van der Waals surface area contributed by atoms with E-state index < -0.39 is 0 Å². The Kier molecular flexibility index (Phi) is 5.02. The summed E-state index contributed by atoms with van der Waals surface area (Å²) in [4.78, 5) is 4.37. The van der Waals surface area contributed by atoms with Crippen LogP contribution in [0.2, 0.25) is 0 Å². The minimum absolute atomic E-state index is 0.259. The molecule has 0 aliphatic carbocycles. The number of benzene rings is 2. The van der Waals surface area contributed by atoms with E-state index in [2.05, 4.69) is 50.9 Å². The summed E-state index contributed by atoms with van der Waals surface area (Å²) in [6.45, 7) is 9.22. The van der Waals surface area contributed by atoms with Gasteiger partial charge in [-0.05, 0) is 30.5 Å². The lowest BCUT2D eigenvalue weighted by Crippen LogP contribution is -2.19. The molecule has 0 amide bonds. The number of phenols is 1. The summed E-state index contributed by atoms with van der Waals surface area (Å²) >= 11 is 0. The van der Waals surface area contributed by atoms with Crippen molar-refractivity contribution in [3.63, 3.8) is 0 Å². The Labute approximate surface area is 133 Å². The molecule has 0 spiro atoms. The van der Waals surface area contributed by atoms with Crippen molar-refractivity contribution in [1.82, 2.24) is 0 Å². The molecule has 0 saturated heterocycles. The van der Waals surface area contributed by atoms with Crippen molar-refractivity contribution in [2.75, 3.05) is 6.54 Å². The second-order valence-corrected chi connectivity index (χ2v) is 6.28. The third-order valence-electron chi connectivity index (χ3n) is 4.04. The Balaban J connectivity index is 2.51. The highest BCUT2D eigenvalue weighted by Crippen LogP contribution is 2.38. The number of nitrogens with zero attached hydrogens (tertiary/aromatic N) is 1. The van der Waals surface area contributed by atoms with Crippen LogP contribution in [-0.4, -0.2) is 17.9 Å². The van der Waals surface area contributed by atoms with Gasteiger partial charge in [-0.3, -0.25) is 4.99 Å². The molecule has 2 rings (SSSR count). The number of phenolic OH excluding ortho intramolecular Hbond substituents is 1. The molecule has 0 saturated carbocycles. The fraction of sp³-hybridized carbons (Fsp3) is 0.350. The van der Waals surface area contributed by atoms with Crippen LogP contribution in [0.3, 0.4) is 0 Å². The summed E-state index contributed by atoms with van der Waals surface area (Å²) in [5, 5.41) is 10.7. The second-order valence-electron chi connectivity index (χ2n) is 6.28. The summed E-state index contributed by atoms with van der Waals surface area (Å²) in [5.74, 6) is 0.333. The third kappa shape index (κ3) is 3.38. The molecule has 0 unspecified atom stereocenters. The zero-order valence-electron chi connectivity index (χ0n) is 13.9. The summed E-state index contributed by atoms with van der Waals surface area (Å²) in [6.07, 6.45) is 2.79. The highest BCUT2D eigenvalue weighted by Gasteiger charge is 2.27. The minimum atomic E-state index is -0.259. The summed E-state index contributed by atoms with van der Waals surface area (Å²) in [6, 6.07) is 14.3. The maximum Gasteiger partial charge on any atom is 0.128 e. The first kappa shape index (κ1) is 16.3. The van der Waals surface area contributed by atoms with E-state index >= 15 is 0 Å². The normalized spacial score (nSPS) is 12.0. The van der Waals surface area contributed by atoms with Crippen molar-refractivity contribution in [1.29, 1.82) is 0 Å². The number of aliphatic imine (C=N–C) groups is 1. The van der Waals surface area contributed by atoms with Crippen molar-refractivity contribution >= 4 is 6.21 Å². The molecule has 0 heterocycles. The average Bonchev–Trinajstić information content (AvgIpc) is 2.51. The van der Waals surface area contributed by atoms with Crippen LogP contribution in [0.5, 0.6) is 5.75 Å². The smallest absolute Gasteiger partial charge is 0.128 e. The van der Waals surface area contributed by atoms with Crippen LogP contribution >= 0.6 is 0 Å². The van der Waals surface area contributed by atoms with Crippen molar-refractivity contribution in [3.8, 4) is 5.75 Å². The van der Waals surface area contributed by atoms with E-state index in [0.29, 0.717) is 5.75 Å². The van der Waals surface area contributed by atoms with Crippen molar-refractivity contribution < 1.29 is 5.11 Å². The lowest BCUT2D eigenvalue weighted by Gasteiger charge is -2.28. The summed E-state index contributed by atoms with van der Waals surface area (Å²) in [7, 11) is 0. The van der Waals surface area contributed by atoms with Crippen LogP contribution in [0.1, 0.15) is 49.4 Å². The lowest BCUT2D eigenvalue weighted by molar-refractivity contribution is 0.452. The number of hydrogen-bond acceptors (Lipinski definition) is 2. The van der Waals surface area contributed by atoms with Crippen LogP contribution in [0.25, 0.3) is 0 Å². The van der Waals surface area contributed by atoms with Gasteiger partial charge >= 0.3 is 0 Å². The van der Waals surface area contributed by atoms with Gasteiger partial charge in [0.25, 0.3) is 0 Å². The number of hydrogen-bond donors (Lipinski definition) is 1. The van der Waals surface area contributed by atoms with Gasteiger partial charge in [-0.15, -0.1) is 0 Å². The largest absolute Gasteiger partial charge is 0.507 e. The maximum atomic E-state index is 10.7. The molecule has 1 N–H and O–H groups in total. The first-order valence-electron chi connectivity index (χ1n) is 7.86. The van der Waals surface area contributed by atoms with Crippen molar-refractivity contribution in [2.24, 2.45) is 4.99 Å². The van der Waals surface area contributed by atoms with Crippen molar-refractivity contribution in [3.05, 3.63) is 64.7 Å². The molecule has 2 aromatic rings. The molecule has 0 atom stereocenters. The molecule has 0 aliphatic rings. The maximum absolute atomic E-state index is 10.7. The fourth-order valence-electron chi connectivity index (χ4n) is 2.68. The summed E-state index contributed by atoms with van der Waals surface area (Å²) in [5.41, 5.74) is 3.80. The molecular weight excluding hydrogens is 270 g/mol. The van der Waals surface area contributed by atoms with Gasteiger partial charge in [0, 0.05) is 29.3 Å². The fourth-order valence-corrected chi connectivity index (χ4v) is 2.68. The Morgan fingerprint density at radius 2 is 1.82 bits per heavy atom. The quantitative estimate of drug-likeness (QED) is 0.785. The van der Waals surface area contributed by atoms with E-state index in [1.807, 2.05) is 24.3 Å². The first-order valence-corrected chi connectivity index (χ1v) is 7.86. The van der Waals surface area contributed by atoms with Gasteiger partial charge in [0.05, 0.1) is 0 Å². The Morgan fingerprint density at radius 1 is 1.14 bits per heavy atom. The van der Waals surface area contributed by atoms with Crippen molar-refractivity contribution in [2.45, 2.75) is 39.5 Å². The highest BCUT2D eigenvalue weighted by atomic mass is 16.3. The molecule has 116 valence electrons. The molecular formula is C20H25NO. The Hall–Kier alpha value is -2.09. The molecule has 2 aromatic carbocycles. The minimum Gasteiger partial charge on any atom is -0.507 e. The van der Waals surface area contributed by atoms with E-state index in [0.717, 1.165) is 29.7 Å². The van der Waals surface area contributed by atoms with E-state index in [9.17, 15) is 5.11 Å². The van der Waals surface area contributed by atoms with Gasteiger partial charge in [-0.2, -0.15) is 0 Å². The van der Waals surface area contributed by atoms with E-state index in [1.54, 1.807) is 6.21 Å². The summed E-state index contributed by atoms with van der Waals surface area (Å²) < 4.78 is 0. The molecule has 2 heteroatoms. The number of aryl methyl sites for hydroxylation is 1. The molecule has 22 heavy (non-hydrogen) atoms. The van der Waals surface area contributed by atoms with Crippen LogP contribution in [0, 0.1) is 6.92 Å². The van der Waals surface area contributed by atoms with E-state index in [1.165, 1.54) is 5.56 Å². The molecule has 2 nitrogen and oxygen atoms in total. The molecule has 0 aliphatic heterocycles. The number of aromatic hydroxyl groups is 1. The monoisotopic (exact) mass is 295 g/mol. The van der Waals surface area contributed by atoms with Crippen LogP contribution in [0.4, 0.5) is 0 Å². The van der Waals surface area contributed by atoms with E-state index in [-0.39, 0.29) is 5.41 Å². The topological polar surface area (TPSA) is 32.6 Å². The standard InChI is InChI=1S/C20H25NO/c1-5-11-21-14-16-12-15(2)13-18(19(16)22)20(3,4)17-9-7-6-8-10-17/h6-10,12-14,22H,5,11H2,1-4H3. The van der Waals surface area contributed by atoms with Gasteiger partial charge in [0.15, 0.2) is 0 Å². The highest BCUT2D eigenvalue weighted by molar-refractivity contribution is 5.85. The molecule has 0 aromatic heterocycles. The Bertz CT molecular complexity index is 657. The van der Waals surface area contributed by atoms with Crippen LogP contribution in [0.15, 0.2) is 47.5 Å². The zero-order chi connectivity index (χ0) is 16.2. The van der Waals surface area contributed by atoms with Crippen LogP contribution < -0.4 is 0 Å². The lowest BCUT2D eigenvalue weighted by atomic mass is 9.76. The van der Waals surface area contributed by atoms with Gasteiger partial charge in [0.2, 0.25) is 0 Å². The third-order valence-corrected chi connectivity index (χ3v) is 4.04. The molecule has 0 radical (unpaired) electrons. The average molecular weight is 295 g/mol. The molecule has 0 fully saturated rings. The van der Waals surface area contributed by atoms with Gasteiger partial charge < -0.3 is 5.11 Å².